The molecular weight excluding hydrogens is 251 g/mol. The van der Waals surface area contributed by atoms with E-state index in [2.05, 4.69) is 0 Å². The standard InChI is InChI=1S/C8H12N2.HI/c9-5-7-1-2-8(6-10)4-3-7;/h1-4H,5-6,9-10H2;1H. The summed E-state index contributed by atoms with van der Waals surface area (Å²) in [5.74, 6) is 0. The van der Waals surface area contributed by atoms with E-state index in [1.807, 2.05) is 24.3 Å². The third-order valence-electron chi connectivity index (χ3n) is 1.49. The van der Waals surface area contributed by atoms with Crippen molar-refractivity contribution >= 4 is 24.0 Å². The van der Waals surface area contributed by atoms with Gasteiger partial charge in [-0.3, -0.25) is 0 Å². The fourth-order valence-corrected chi connectivity index (χ4v) is 0.811. The SMILES string of the molecule is I.NCc1ccc(CN)cc1. The summed E-state index contributed by atoms with van der Waals surface area (Å²) in [6.07, 6.45) is 0. The minimum absolute atomic E-state index is 0. The lowest BCUT2D eigenvalue weighted by molar-refractivity contribution is 1.04. The van der Waals surface area contributed by atoms with Gasteiger partial charge in [-0.2, -0.15) is 0 Å². The van der Waals surface area contributed by atoms with Crippen molar-refractivity contribution in [3.63, 3.8) is 0 Å². The second kappa shape index (κ2) is 5.51. The molecule has 62 valence electrons. The maximum absolute atomic E-state index is 5.41. The summed E-state index contributed by atoms with van der Waals surface area (Å²) in [4.78, 5) is 0. The van der Waals surface area contributed by atoms with Crippen LogP contribution in [0.1, 0.15) is 11.1 Å². The zero-order chi connectivity index (χ0) is 7.40. The minimum Gasteiger partial charge on any atom is -0.326 e. The Morgan fingerprint density at radius 1 is 0.818 bits per heavy atom. The predicted octanol–water partition coefficient (Wildman–Crippen LogP) is 1.22. The average Bonchev–Trinajstić information content (AvgIpc) is 2.05. The zero-order valence-corrected chi connectivity index (χ0v) is 8.62. The Hall–Kier alpha value is -0.130. The van der Waals surface area contributed by atoms with Gasteiger partial charge in [-0.05, 0) is 11.1 Å². The third kappa shape index (κ3) is 3.18. The fourth-order valence-electron chi connectivity index (χ4n) is 0.811. The largest absolute Gasteiger partial charge is 0.326 e. The second-order valence-electron chi connectivity index (χ2n) is 2.22. The van der Waals surface area contributed by atoms with Crippen LogP contribution in [0.15, 0.2) is 24.3 Å². The van der Waals surface area contributed by atoms with Crippen LogP contribution in [-0.2, 0) is 13.1 Å². The Kier molecular flexibility index (Phi) is 5.45. The Balaban J connectivity index is 0.000001000. The lowest BCUT2D eigenvalue weighted by Crippen LogP contribution is -1.98. The van der Waals surface area contributed by atoms with Gasteiger partial charge in [0.1, 0.15) is 0 Å². The summed E-state index contributed by atoms with van der Waals surface area (Å²) in [7, 11) is 0. The van der Waals surface area contributed by atoms with E-state index in [1.54, 1.807) is 0 Å². The average molecular weight is 264 g/mol. The molecule has 0 unspecified atom stereocenters. The number of benzene rings is 1. The van der Waals surface area contributed by atoms with E-state index >= 15 is 0 Å². The number of rotatable bonds is 2. The van der Waals surface area contributed by atoms with Gasteiger partial charge in [-0.15, -0.1) is 24.0 Å². The maximum Gasteiger partial charge on any atom is 0.0178 e. The van der Waals surface area contributed by atoms with E-state index in [4.69, 9.17) is 11.5 Å². The van der Waals surface area contributed by atoms with E-state index in [-0.39, 0.29) is 24.0 Å². The molecule has 0 atom stereocenters. The Bertz CT molecular complexity index is 173. The van der Waals surface area contributed by atoms with E-state index in [0.29, 0.717) is 13.1 Å². The highest BCUT2D eigenvalue weighted by atomic mass is 127. The van der Waals surface area contributed by atoms with E-state index in [9.17, 15) is 0 Å². The summed E-state index contributed by atoms with van der Waals surface area (Å²) in [6, 6.07) is 8.01. The van der Waals surface area contributed by atoms with E-state index in [1.165, 1.54) is 0 Å². The van der Waals surface area contributed by atoms with Gasteiger partial charge in [-0.25, -0.2) is 0 Å². The van der Waals surface area contributed by atoms with Crippen molar-refractivity contribution < 1.29 is 0 Å². The van der Waals surface area contributed by atoms with Crippen molar-refractivity contribution in [2.24, 2.45) is 11.5 Å². The normalized spacial score (nSPS) is 8.91. The highest BCUT2D eigenvalue weighted by Crippen LogP contribution is 2.01. The first-order valence-electron chi connectivity index (χ1n) is 3.34. The van der Waals surface area contributed by atoms with E-state index in [0.717, 1.165) is 11.1 Å². The van der Waals surface area contributed by atoms with Gasteiger partial charge < -0.3 is 11.5 Å². The molecule has 1 rings (SSSR count). The molecule has 0 fully saturated rings. The number of halogens is 1. The number of hydrogen-bond acceptors (Lipinski definition) is 2. The molecule has 2 nitrogen and oxygen atoms in total. The van der Waals surface area contributed by atoms with Crippen molar-refractivity contribution in [2.45, 2.75) is 13.1 Å². The molecule has 3 heteroatoms. The van der Waals surface area contributed by atoms with Gasteiger partial charge >= 0.3 is 0 Å². The van der Waals surface area contributed by atoms with Crippen molar-refractivity contribution in [3.05, 3.63) is 35.4 Å². The van der Waals surface area contributed by atoms with Crippen molar-refractivity contribution in [1.29, 1.82) is 0 Å². The topological polar surface area (TPSA) is 52.0 Å². The van der Waals surface area contributed by atoms with Crippen LogP contribution in [0.25, 0.3) is 0 Å². The zero-order valence-electron chi connectivity index (χ0n) is 6.29. The summed E-state index contributed by atoms with van der Waals surface area (Å²) in [6.45, 7) is 1.20. The Morgan fingerprint density at radius 2 is 1.09 bits per heavy atom. The molecule has 0 aliphatic heterocycles. The minimum atomic E-state index is 0. The predicted molar refractivity (Wildman–Crippen MR) is 57.6 cm³/mol. The molecule has 0 saturated heterocycles. The molecular formula is C8H13IN2. The van der Waals surface area contributed by atoms with E-state index < -0.39 is 0 Å². The molecule has 0 aromatic heterocycles. The van der Waals surface area contributed by atoms with Crippen LogP contribution in [-0.4, -0.2) is 0 Å². The summed E-state index contributed by atoms with van der Waals surface area (Å²) in [5, 5.41) is 0. The molecule has 0 aliphatic rings. The first kappa shape index (κ1) is 10.9. The van der Waals surface area contributed by atoms with Gasteiger partial charge in [0.2, 0.25) is 0 Å². The van der Waals surface area contributed by atoms with Crippen LogP contribution in [0.4, 0.5) is 0 Å². The van der Waals surface area contributed by atoms with Crippen LogP contribution >= 0.6 is 24.0 Å². The quantitative estimate of drug-likeness (QED) is 0.789. The highest BCUT2D eigenvalue weighted by molar-refractivity contribution is 14.0. The van der Waals surface area contributed by atoms with Crippen LogP contribution in [0.3, 0.4) is 0 Å². The van der Waals surface area contributed by atoms with Crippen molar-refractivity contribution in [2.75, 3.05) is 0 Å². The van der Waals surface area contributed by atoms with Gasteiger partial charge in [0.25, 0.3) is 0 Å². The molecule has 0 saturated carbocycles. The smallest absolute Gasteiger partial charge is 0.0178 e. The summed E-state index contributed by atoms with van der Waals surface area (Å²) >= 11 is 0. The van der Waals surface area contributed by atoms with Crippen LogP contribution in [0, 0.1) is 0 Å². The first-order chi connectivity index (χ1) is 4.86. The molecule has 0 spiro atoms. The monoisotopic (exact) mass is 264 g/mol. The number of nitrogens with two attached hydrogens (primary N) is 2. The molecule has 0 amide bonds. The van der Waals surface area contributed by atoms with Gasteiger partial charge in [0.15, 0.2) is 0 Å². The number of hydrogen-bond donors (Lipinski definition) is 2. The third-order valence-corrected chi connectivity index (χ3v) is 1.49. The molecule has 0 radical (unpaired) electrons. The Labute approximate surface area is 84.0 Å². The maximum atomic E-state index is 5.41. The molecule has 4 N–H and O–H groups in total. The van der Waals surface area contributed by atoms with Crippen molar-refractivity contribution in [3.8, 4) is 0 Å². The van der Waals surface area contributed by atoms with Gasteiger partial charge in [-0.1, -0.05) is 24.3 Å². The highest BCUT2D eigenvalue weighted by Gasteiger charge is 1.88. The lowest BCUT2D eigenvalue weighted by atomic mass is 10.1. The van der Waals surface area contributed by atoms with Crippen molar-refractivity contribution in [1.82, 2.24) is 0 Å². The van der Waals surface area contributed by atoms with Crippen LogP contribution < -0.4 is 11.5 Å². The molecule has 1 aromatic carbocycles. The molecule has 1 aromatic rings. The fraction of sp³-hybridized carbons (Fsp3) is 0.250. The Morgan fingerprint density at radius 3 is 1.27 bits per heavy atom. The summed E-state index contributed by atoms with van der Waals surface area (Å²) in [5.41, 5.74) is 13.1. The van der Waals surface area contributed by atoms with Gasteiger partial charge in [0.05, 0.1) is 0 Å². The molecule has 0 aliphatic carbocycles. The van der Waals surface area contributed by atoms with Crippen LogP contribution in [0.2, 0.25) is 0 Å². The molecule has 0 bridgehead atoms. The first-order valence-corrected chi connectivity index (χ1v) is 3.34. The van der Waals surface area contributed by atoms with Crippen LogP contribution in [0.5, 0.6) is 0 Å². The second-order valence-corrected chi connectivity index (χ2v) is 2.22. The van der Waals surface area contributed by atoms with Gasteiger partial charge in [0, 0.05) is 13.1 Å². The molecule has 0 heterocycles. The lowest BCUT2D eigenvalue weighted by Gasteiger charge is -1.97. The summed E-state index contributed by atoms with van der Waals surface area (Å²) < 4.78 is 0. The molecule has 11 heavy (non-hydrogen) atoms.